The fraction of sp³-hybridized carbons (Fsp3) is 0.0588. The Morgan fingerprint density at radius 2 is 2.00 bits per heavy atom. The van der Waals surface area contributed by atoms with E-state index in [0.29, 0.717) is 5.95 Å². The number of para-hydroxylation sites is 1. The maximum Gasteiger partial charge on any atom is 0.283 e. The third-order valence-corrected chi connectivity index (χ3v) is 4.33. The lowest BCUT2D eigenvalue weighted by atomic mass is 10.2. The number of rotatable bonds is 5. The van der Waals surface area contributed by atoms with Crippen LogP contribution in [0.2, 0.25) is 0 Å². The van der Waals surface area contributed by atoms with Crippen molar-refractivity contribution in [2.75, 3.05) is 5.43 Å². The van der Waals surface area contributed by atoms with E-state index in [1.165, 1.54) is 5.56 Å². The molecule has 2 heterocycles. The van der Waals surface area contributed by atoms with Gasteiger partial charge in [0.05, 0.1) is 6.21 Å². The van der Waals surface area contributed by atoms with Crippen molar-refractivity contribution < 1.29 is 0 Å². The van der Waals surface area contributed by atoms with E-state index in [1.54, 1.807) is 6.21 Å². The summed E-state index contributed by atoms with van der Waals surface area (Å²) in [5, 5.41) is 18.8. The number of aromatic nitrogens is 5. The van der Waals surface area contributed by atoms with Crippen molar-refractivity contribution in [1.29, 1.82) is 0 Å². The van der Waals surface area contributed by atoms with E-state index in [0.717, 1.165) is 27.5 Å². The minimum Gasteiger partial charge on any atom is -0.342 e. The van der Waals surface area contributed by atoms with Gasteiger partial charge in [0.1, 0.15) is 0 Å². The number of tetrazole rings is 1. The summed E-state index contributed by atoms with van der Waals surface area (Å²) in [7, 11) is 0. The Morgan fingerprint density at radius 3 is 2.80 bits per heavy atom. The maximum atomic E-state index is 4.19. The lowest BCUT2D eigenvalue weighted by Crippen LogP contribution is -1.97. The number of H-pyrrole nitrogens is 1. The van der Waals surface area contributed by atoms with E-state index in [9.17, 15) is 0 Å². The third kappa shape index (κ3) is 3.43. The fourth-order valence-electron chi connectivity index (χ4n) is 2.66. The number of halogens is 1. The van der Waals surface area contributed by atoms with E-state index < -0.39 is 0 Å². The topological polar surface area (TPSA) is 83.8 Å². The molecule has 25 heavy (non-hydrogen) atoms. The Hall–Kier alpha value is -3.00. The highest BCUT2D eigenvalue weighted by Crippen LogP contribution is 2.22. The number of hydrazone groups is 1. The standard InChI is InChI=1S/C17H14BrN7/c18-14-7-5-12(6-8-14)10-25-11-13(15-3-1-2-4-16(15)25)9-19-20-17-21-23-24-22-17/h1-9,11H,10H2,(H2,20,21,22,23,24). The van der Waals surface area contributed by atoms with Crippen LogP contribution in [-0.2, 0) is 6.54 Å². The largest absolute Gasteiger partial charge is 0.342 e. The van der Waals surface area contributed by atoms with Crippen LogP contribution in [0.1, 0.15) is 11.1 Å². The van der Waals surface area contributed by atoms with Crippen molar-refractivity contribution in [1.82, 2.24) is 25.2 Å². The van der Waals surface area contributed by atoms with Gasteiger partial charge in [-0.2, -0.15) is 10.3 Å². The van der Waals surface area contributed by atoms with Crippen LogP contribution in [0.5, 0.6) is 0 Å². The van der Waals surface area contributed by atoms with Crippen LogP contribution in [0.4, 0.5) is 5.95 Å². The Morgan fingerprint density at radius 1 is 1.16 bits per heavy atom. The molecule has 0 aliphatic carbocycles. The fourth-order valence-corrected chi connectivity index (χ4v) is 2.93. The molecule has 0 aliphatic rings. The van der Waals surface area contributed by atoms with E-state index in [4.69, 9.17) is 0 Å². The molecule has 0 atom stereocenters. The van der Waals surface area contributed by atoms with E-state index in [1.807, 2.05) is 12.1 Å². The number of benzene rings is 2. The summed E-state index contributed by atoms with van der Waals surface area (Å²) in [6.07, 6.45) is 3.85. The minimum absolute atomic E-state index is 0.329. The van der Waals surface area contributed by atoms with Crippen molar-refractivity contribution in [2.24, 2.45) is 5.10 Å². The first kappa shape index (κ1) is 15.5. The van der Waals surface area contributed by atoms with Crippen molar-refractivity contribution in [3.8, 4) is 0 Å². The van der Waals surface area contributed by atoms with E-state index in [2.05, 4.69) is 94.2 Å². The lowest BCUT2D eigenvalue weighted by molar-refractivity contribution is 0.836. The van der Waals surface area contributed by atoms with Crippen LogP contribution >= 0.6 is 15.9 Å². The number of aromatic amines is 1. The van der Waals surface area contributed by atoms with Crippen LogP contribution in [0.3, 0.4) is 0 Å². The number of hydrogen-bond acceptors (Lipinski definition) is 5. The second kappa shape index (κ2) is 6.86. The molecule has 124 valence electrons. The quantitative estimate of drug-likeness (QED) is 0.400. The van der Waals surface area contributed by atoms with Crippen molar-refractivity contribution in [3.63, 3.8) is 0 Å². The molecule has 0 saturated carbocycles. The van der Waals surface area contributed by atoms with Gasteiger partial charge < -0.3 is 4.57 Å². The maximum absolute atomic E-state index is 4.19. The zero-order valence-electron chi connectivity index (χ0n) is 13.1. The molecule has 2 N–H and O–H groups in total. The molecule has 0 amide bonds. The first-order chi connectivity index (χ1) is 12.3. The predicted octanol–water partition coefficient (Wildman–Crippen LogP) is 3.41. The van der Waals surface area contributed by atoms with Gasteiger partial charge in [-0.15, -0.1) is 5.10 Å². The second-order valence-electron chi connectivity index (χ2n) is 5.46. The summed E-state index contributed by atoms with van der Waals surface area (Å²) >= 11 is 3.47. The van der Waals surface area contributed by atoms with Crippen molar-refractivity contribution >= 4 is 39.0 Å². The molecule has 0 unspecified atom stereocenters. The van der Waals surface area contributed by atoms with Crippen molar-refractivity contribution in [2.45, 2.75) is 6.54 Å². The lowest BCUT2D eigenvalue weighted by Gasteiger charge is -2.05. The predicted molar refractivity (Wildman–Crippen MR) is 101 cm³/mol. The van der Waals surface area contributed by atoms with E-state index in [-0.39, 0.29) is 0 Å². The molecular formula is C17H14BrN7. The molecule has 4 aromatic rings. The van der Waals surface area contributed by atoms with Gasteiger partial charge in [0.25, 0.3) is 5.95 Å². The molecule has 4 rings (SSSR count). The van der Waals surface area contributed by atoms with Crippen LogP contribution in [-0.4, -0.2) is 31.4 Å². The summed E-state index contributed by atoms with van der Waals surface area (Å²) < 4.78 is 3.29. The number of hydrogen-bond donors (Lipinski definition) is 2. The van der Waals surface area contributed by atoms with Gasteiger partial charge in [-0.1, -0.05) is 51.4 Å². The normalized spacial score (nSPS) is 11.4. The van der Waals surface area contributed by atoms with Gasteiger partial charge in [0, 0.05) is 33.7 Å². The first-order valence-corrected chi connectivity index (χ1v) is 8.44. The van der Waals surface area contributed by atoms with Gasteiger partial charge in [-0.25, -0.2) is 5.43 Å². The van der Waals surface area contributed by atoms with Crippen LogP contribution in [0, 0.1) is 0 Å². The number of fused-ring (bicyclic) bond motifs is 1. The van der Waals surface area contributed by atoms with Gasteiger partial charge >= 0.3 is 0 Å². The van der Waals surface area contributed by atoms with Gasteiger partial charge in [0.15, 0.2) is 0 Å². The molecule has 0 saturated heterocycles. The Bertz CT molecular complexity index is 1000. The van der Waals surface area contributed by atoms with Gasteiger partial charge in [0.2, 0.25) is 0 Å². The van der Waals surface area contributed by atoms with Crippen LogP contribution < -0.4 is 5.43 Å². The molecule has 8 heteroatoms. The second-order valence-corrected chi connectivity index (χ2v) is 6.38. The monoisotopic (exact) mass is 395 g/mol. The average molecular weight is 396 g/mol. The SMILES string of the molecule is Brc1ccc(Cn2cc(C=NNc3nn[nH]n3)c3ccccc32)cc1. The number of nitrogens with zero attached hydrogens (tertiary/aromatic N) is 5. The smallest absolute Gasteiger partial charge is 0.283 e. The highest BCUT2D eigenvalue weighted by molar-refractivity contribution is 9.10. The Kier molecular flexibility index (Phi) is 4.26. The molecule has 2 aromatic carbocycles. The molecule has 0 bridgehead atoms. The molecule has 0 radical (unpaired) electrons. The zero-order valence-corrected chi connectivity index (χ0v) is 14.7. The van der Waals surface area contributed by atoms with Gasteiger partial charge in [-0.05, 0) is 29.0 Å². The van der Waals surface area contributed by atoms with E-state index >= 15 is 0 Å². The highest BCUT2D eigenvalue weighted by Gasteiger charge is 2.07. The summed E-state index contributed by atoms with van der Waals surface area (Å²) in [5.74, 6) is 0.329. The van der Waals surface area contributed by atoms with Gasteiger partial charge in [-0.3, -0.25) is 0 Å². The minimum atomic E-state index is 0.329. The third-order valence-electron chi connectivity index (χ3n) is 3.80. The summed E-state index contributed by atoms with van der Waals surface area (Å²) in [5.41, 5.74) is 6.15. The molecule has 0 spiro atoms. The zero-order chi connectivity index (χ0) is 17.1. The summed E-state index contributed by atoms with van der Waals surface area (Å²) in [6.45, 7) is 0.792. The molecule has 0 fully saturated rings. The van der Waals surface area contributed by atoms with Crippen LogP contribution in [0.15, 0.2) is 64.3 Å². The molecule has 2 aromatic heterocycles. The highest BCUT2D eigenvalue weighted by atomic mass is 79.9. The summed E-state index contributed by atoms with van der Waals surface area (Å²) in [6, 6.07) is 16.6. The number of nitrogens with one attached hydrogen (secondary N) is 2. The van der Waals surface area contributed by atoms with Crippen LogP contribution in [0.25, 0.3) is 10.9 Å². The average Bonchev–Trinajstić information content (AvgIpc) is 3.26. The molecule has 7 nitrogen and oxygen atoms in total. The summed E-state index contributed by atoms with van der Waals surface area (Å²) in [4.78, 5) is 0. The Labute approximate surface area is 151 Å². The molecule has 0 aliphatic heterocycles. The Balaban J connectivity index is 1.63. The van der Waals surface area contributed by atoms with Crippen molar-refractivity contribution in [3.05, 3.63) is 70.3 Å². The number of anilines is 1. The first-order valence-electron chi connectivity index (χ1n) is 7.64. The molecular weight excluding hydrogens is 382 g/mol.